The van der Waals surface area contributed by atoms with Crippen LogP contribution >= 0.6 is 12.4 Å². The molecule has 2 nitrogen and oxygen atoms in total. The largest absolute Gasteiger partial charge is 0.381 e. The van der Waals surface area contributed by atoms with Gasteiger partial charge in [0.15, 0.2) is 0 Å². The molecule has 1 N–H and O–H groups in total. The molecule has 0 aromatic rings. The smallest absolute Gasteiger partial charge is 0.0606 e. The fraction of sp³-hybridized carbons (Fsp3) is 1.00. The molecule has 0 saturated carbocycles. The predicted octanol–water partition coefficient (Wildman–Crippen LogP) is 2.36. The van der Waals surface area contributed by atoms with E-state index < -0.39 is 0 Å². The lowest BCUT2D eigenvalue weighted by molar-refractivity contribution is 0.00597. The Balaban J connectivity index is 0.00000144. The van der Waals surface area contributed by atoms with Crippen molar-refractivity contribution in [2.24, 2.45) is 0 Å². The van der Waals surface area contributed by atoms with Crippen LogP contribution in [0.2, 0.25) is 0 Å². The second kappa shape index (κ2) is 4.16. The summed E-state index contributed by atoms with van der Waals surface area (Å²) in [4.78, 5) is 0. The van der Waals surface area contributed by atoms with E-state index in [2.05, 4.69) is 33.0 Å². The van der Waals surface area contributed by atoms with Crippen molar-refractivity contribution in [2.75, 3.05) is 7.11 Å². The third-order valence-corrected chi connectivity index (χ3v) is 2.49. The van der Waals surface area contributed by atoms with E-state index in [1.165, 1.54) is 0 Å². The van der Waals surface area contributed by atoms with Crippen LogP contribution in [0.3, 0.4) is 0 Å². The van der Waals surface area contributed by atoms with Gasteiger partial charge >= 0.3 is 0 Å². The quantitative estimate of drug-likeness (QED) is 0.713. The van der Waals surface area contributed by atoms with Gasteiger partial charge in [0, 0.05) is 18.2 Å². The van der Waals surface area contributed by atoms with Crippen molar-refractivity contribution in [1.29, 1.82) is 0 Å². The zero-order valence-corrected chi connectivity index (χ0v) is 10.1. The molecule has 1 rings (SSSR count). The van der Waals surface area contributed by atoms with E-state index in [0.29, 0.717) is 6.10 Å². The molecule has 3 heteroatoms. The van der Waals surface area contributed by atoms with Crippen molar-refractivity contribution in [3.63, 3.8) is 0 Å². The molecular formula is C10H22ClNO. The fourth-order valence-electron chi connectivity index (χ4n) is 2.40. The zero-order valence-electron chi connectivity index (χ0n) is 9.31. The van der Waals surface area contributed by atoms with Gasteiger partial charge in [-0.3, -0.25) is 0 Å². The predicted molar refractivity (Wildman–Crippen MR) is 58.6 cm³/mol. The van der Waals surface area contributed by atoms with Crippen LogP contribution in [0.15, 0.2) is 0 Å². The molecular weight excluding hydrogens is 186 g/mol. The molecule has 0 radical (unpaired) electrons. The maximum absolute atomic E-state index is 5.42. The van der Waals surface area contributed by atoms with Gasteiger partial charge in [-0.1, -0.05) is 0 Å². The second-order valence-corrected chi connectivity index (χ2v) is 5.16. The van der Waals surface area contributed by atoms with Gasteiger partial charge in [-0.2, -0.15) is 0 Å². The molecule has 13 heavy (non-hydrogen) atoms. The SMILES string of the molecule is COC1CC(C)(C)NC(C)(C)C1.Cl. The average molecular weight is 208 g/mol. The first-order chi connectivity index (χ1) is 5.35. The summed E-state index contributed by atoms with van der Waals surface area (Å²) < 4.78 is 5.42. The minimum atomic E-state index is 0. The number of methoxy groups -OCH3 is 1. The molecule has 1 saturated heterocycles. The lowest BCUT2D eigenvalue weighted by Crippen LogP contribution is -2.59. The van der Waals surface area contributed by atoms with E-state index in [1.807, 2.05) is 7.11 Å². The maximum Gasteiger partial charge on any atom is 0.0606 e. The lowest BCUT2D eigenvalue weighted by Gasteiger charge is -2.45. The summed E-state index contributed by atoms with van der Waals surface area (Å²) in [6, 6.07) is 0. The third kappa shape index (κ3) is 3.84. The summed E-state index contributed by atoms with van der Waals surface area (Å²) in [5.74, 6) is 0. The molecule has 0 amide bonds. The van der Waals surface area contributed by atoms with Crippen molar-refractivity contribution >= 4 is 12.4 Å². The first-order valence-corrected chi connectivity index (χ1v) is 4.67. The monoisotopic (exact) mass is 207 g/mol. The summed E-state index contributed by atoms with van der Waals surface area (Å²) >= 11 is 0. The molecule has 0 spiro atoms. The average Bonchev–Trinajstić information content (AvgIpc) is 1.80. The highest BCUT2D eigenvalue weighted by molar-refractivity contribution is 5.85. The molecule has 0 aliphatic carbocycles. The van der Waals surface area contributed by atoms with Crippen molar-refractivity contribution in [1.82, 2.24) is 5.32 Å². The molecule has 0 unspecified atom stereocenters. The van der Waals surface area contributed by atoms with Gasteiger partial charge < -0.3 is 10.1 Å². The van der Waals surface area contributed by atoms with Crippen molar-refractivity contribution in [3.8, 4) is 0 Å². The van der Waals surface area contributed by atoms with Crippen molar-refractivity contribution in [2.45, 2.75) is 57.7 Å². The normalized spacial score (nSPS) is 26.5. The van der Waals surface area contributed by atoms with Gasteiger partial charge in [0.05, 0.1) is 6.10 Å². The van der Waals surface area contributed by atoms with Crippen LogP contribution < -0.4 is 5.32 Å². The fourth-order valence-corrected chi connectivity index (χ4v) is 2.40. The number of halogens is 1. The molecule has 0 aromatic carbocycles. The van der Waals surface area contributed by atoms with Gasteiger partial charge in [-0.15, -0.1) is 12.4 Å². The molecule has 1 aliphatic heterocycles. The Bertz CT molecular complexity index is 152. The van der Waals surface area contributed by atoms with Crippen LogP contribution in [0.1, 0.15) is 40.5 Å². The van der Waals surface area contributed by atoms with Gasteiger partial charge in [-0.25, -0.2) is 0 Å². The Morgan fingerprint density at radius 1 is 1.08 bits per heavy atom. The summed E-state index contributed by atoms with van der Waals surface area (Å²) in [6.07, 6.45) is 2.62. The topological polar surface area (TPSA) is 21.3 Å². The summed E-state index contributed by atoms with van der Waals surface area (Å²) in [5.41, 5.74) is 0.421. The Morgan fingerprint density at radius 2 is 1.46 bits per heavy atom. The van der Waals surface area contributed by atoms with Gasteiger partial charge in [-0.05, 0) is 40.5 Å². The van der Waals surface area contributed by atoms with Crippen molar-refractivity contribution in [3.05, 3.63) is 0 Å². The summed E-state index contributed by atoms with van der Waals surface area (Å²) in [6.45, 7) is 8.94. The molecule has 1 heterocycles. The van der Waals surface area contributed by atoms with Crippen LogP contribution in [0.4, 0.5) is 0 Å². The minimum absolute atomic E-state index is 0. The second-order valence-electron chi connectivity index (χ2n) is 5.16. The minimum Gasteiger partial charge on any atom is -0.381 e. The number of hydrogen-bond donors (Lipinski definition) is 1. The standard InChI is InChI=1S/C10H21NO.ClH/c1-9(2)6-8(12-5)7-10(3,4)11-9;/h8,11H,6-7H2,1-5H3;1H. The van der Waals surface area contributed by atoms with Gasteiger partial charge in [0.1, 0.15) is 0 Å². The first kappa shape index (κ1) is 13.2. The molecule has 0 atom stereocenters. The van der Waals surface area contributed by atoms with Crippen LogP contribution in [0.5, 0.6) is 0 Å². The van der Waals surface area contributed by atoms with E-state index in [0.717, 1.165) is 12.8 Å². The van der Waals surface area contributed by atoms with E-state index in [4.69, 9.17) is 4.74 Å². The number of nitrogens with one attached hydrogen (secondary N) is 1. The molecule has 80 valence electrons. The highest BCUT2D eigenvalue weighted by Gasteiger charge is 2.37. The van der Waals surface area contributed by atoms with E-state index in [-0.39, 0.29) is 23.5 Å². The third-order valence-electron chi connectivity index (χ3n) is 2.49. The Kier molecular flexibility index (Phi) is 4.23. The Labute approximate surface area is 87.8 Å². The zero-order chi connectivity index (χ0) is 9.41. The van der Waals surface area contributed by atoms with Crippen molar-refractivity contribution < 1.29 is 4.74 Å². The molecule has 1 aliphatic rings. The number of hydrogen-bond acceptors (Lipinski definition) is 2. The molecule has 1 fully saturated rings. The highest BCUT2D eigenvalue weighted by atomic mass is 35.5. The number of piperidine rings is 1. The maximum atomic E-state index is 5.42. The summed E-state index contributed by atoms with van der Waals surface area (Å²) in [7, 11) is 1.81. The van der Waals surface area contributed by atoms with Gasteiger partial charge in [0.25, 0.3) is 0 Å². The van der Waals surface area contributed by atoms with Crippen LogP contribution in [-0.2, 0) is 4.74 Å². The number of ether oxygens (including phenoxy) is 1. The van der Waals surface area contributed by atoms with Gasteiger partial charge in [0.2, 0.25) is 0 Å². The summed E-state index contributed by atoms with van der Waals surface area (Å²) in [5, 5.41) is 3.62. The van der Waals surface area contributed by atoms with Crippen LogP contribution in [-0.4, -0.2) is 24.3 Å². The number of rotatable bonds is 1. The molecule has 0 aromatic heterocycles. The van der Waals surface area contributed by atoms with E-state index >= 15 is 0 Å². The lowest BCUT2D eigenvalue weighted by atomic mass is 9.81. The van der Waals surface area contributed by atoms with E-state index in [9.17, 15) is 0 Å². The van der Waals surface area contributed by atoms with E-state index in [1.54, 1.807) is 0 Å². The Morgan fingerprint density at radius 3 is 1.77 bits per heavy atom. The highest BCUT2D eigenvalue weighted by Crippen LogP contribution is 2.29. The van der Waals surface area contributed by atoms with Crippen LogP contribution in [0, 0.1) is 0 Å². The Hall–Kier alpha value is 0.210. The molecule has 0 bridgehead atoms. The van der Waals surface area contributed by atoms with Crippen LogP contribution in [0.25, 0.3) is 0 Å². The first-order valence-electron chi connectivity index (χ1n) is 4.67.